The van der Waals surface area contributed by atoms with Gasteiger partial charge in [-0.25, -0.2) is 0 Å². The summed E-state index contributed by atoms with van der Waals surface area (Å²) in [5, 5.41) is 3.33. The van der Waals surface area contributed by atoms with Crippen LogP contribution in [0, 0.1) is 6.92 Å². The third-order valence-electron chi connectivity index (χ3n) is 3.33. The first-order chi connectivity index (χ1) is 9.72. The molecule has 0 spiro atoms. The van der Waals surface area contributed by atoms with Crippen LogP contribution in [0.3, 0.4) is 0 Å². The Balaban J connectivity index is 2.13. The average molecular weight is 269 g/mol. The van der Waals surface area contributed by atoms with Crippen molar-refractivity contribution in [1.82, 2.24) is 4.98 Å². The lowest BCUT2D eigenvalue weighted by Crippen LogP contribution is -2.22. The molecule has 2 rings (SSSR count). The summed E-state index contributed by atoms with van der Waals surface area (Å²) < 4.78 is 0. The minimum Gasteiger partial charge on any atom is -0.385 e. The molecule has 0 fully saturated rings. The molecule has 1 aromatic heterocycles. The molecule has 0 amide bonds. The van der Waals surface area contributed by atoms with Gasteiger partial charge in [-0.05, 0) is 45.0 Å². The fraction of sp³-hybridized carbons (Fsp3) is 0.353. The molecule has 0 aliphatic carbocycles. The molecule has 0 aliphatic heterocycles. The minimum atomic E-state index is 0.832. The zero-order valence-corrected chi connectivity index (χ0v) is 12.6. The number of nitrogens with zero attached hydrogens (tertiary/aromatic N) is 2. The van der Waals surface area contributed by atoms with Gasteiger partial charge >= 0.3 is 0 Å². The fourth-order valence-electron chi connectivity index (χ4n) is 2.22. The van der Waals surface area contributed by atoms with Crippen LogP contribution in [0.5, 0.6) is 0 Å². The highest BCUT2D eigenvalue weighted by atomic mass is 15.1. The van der Waals surface area contributed by atoms with Crippen LogP contribution in [0.2, 0.25) is 0 Å². The largest absolute Gasteiger partial charge is 0.385 e. The summed E-state index contributed by atoms with van der Waals surface area (Å²) in [6.45, 7) is 9.12. The average Bonchev–Trinajstić information content (AvgIpc) is 2.47. The van der Waals surface area contributed by atoms with E-state index < -0.39 is 0 Å². The van der Waals surface area contributed by atoms with E-state index in [4.69, 9.17) is 0 Å². The number of nitrogens with one attached hydrogen (secondary N) is 1. The van der Waals surface area contributed by atoms with Gasteiger partial charge in [-0.2, -0.15) is 0 Å². The summed E-state index contributed by atoms with van der Waals surface area (Å²) >= 11 is 0. The number of aryl methyl sites for hydroxylation is 1. The predicted octanol–water partition coefficient (Wildman–Crippen LogP) is 3.85. The van der Waals surface area contributed by atoms with Gasteiger partial charge in [-0.15, -0.1) is 0 Å². The van der Waals surface area contributed by atoms with Gasteiger partial charge in [0, 0.05) is 30.7 Å². The van der Waals surface area contributed by atoms with Crippen molar-refractivity contribution < 1.29 is 0 Å². The van der Waals surface area contributed by atoms with Crippen LogP contribution >= 0.6 is 0 Å². The highest BCUT2D eigenvalue weighted by Crippen LogP contribution is 2.18. The molecule has 106 valence electrons. The Morgan fingerprint density at radius 2 is 1.85 bits per heavy atom. The fourth-order valence-corrected chi connectivity index (χ4v) is 2.22. The molecule has 0 unspecified atom stereocenters. The lowest BCUT2D eigenvalue weighted by molar-refractivity contribution is 0.809. The van der Waals surface area contributed by atoms with E-state index in [1.54, 1.807) is 0 Å². The number of hydrogen-bond donors (Lipinski definition) is 1. The van der Waals surface area contributed by atoms with Crippen LogP contribution in [0.15, 0.2) is 42.6 Å². The Morgan fingerprint density at radius 3 is 2.50 bits per heavy atom. The first-order valence-corrected chi connectivity index (χ1v) is 7.23. The molecular formula is C17H23N3. The third-order valence-corrected chi connectivity index (χ3v) is 3.33. The molecule has 3 heteroatoms. The van der Waals surface area contributed by atoms with Crippen molar-refractivity contribution in [3.05, 3.63) is 53.9 Å². The Kier molecular flexibility index (Phi) is 4.99. The quantitative estimate of drug-likeness (QED) is 0.863. The lowest BCUT2D eigenvalue weighted by Gasteiger charge is -2.23. The maximum absolute atomic E-state index is 4.47. The maximum atomic E-state index is 4.47. The van der Waals surface area contributed by atoms with Gasteiger partial charge in [0.15, 0.2) is 0 Å². The highest BCUT2D eigenvalue weighted by molar-refractivity contribution is 5.49. The topological polar surface area (TPSA) is 28.2 Å². The van der Waals surface area contributed by atoms with Crippen LogP contribution in [-0.4, -0.2) is 18.1 Å². The monoisotopic (exact) mass is 269 g/mol. The SMILES string of the molecule is CCNc1ccnc(CN(CC)c2ccc(C)cc2)c1. The van der Waals surface area contributed by atoms with E-state index in [-0.39, 0.29) is 0 Å². The zero-order valence-electron chi connectivity index (χ0n) is 12.6. The molecule has 0 bridgehead atoms. The van der Waals surface area contributed by atoms with Crippen LogP contribution in [0.1, 0.15) is 25.1 Å². The number of rotatable bonds is 6. The molecule has 1 heterocycles. The molecule has 2 aromatic rings. The van der Waals surface area contributed by atoms with Gasteiger partial charge in [0.25, 0.3) is 0 Å². The molecule has 0 atom stereocenters. The van der Waals surface area contributed by atoms with Crippen molar-refractivity contribution in [2.24, 2.45) is 0 Å². The van der Waals surface area contributed by atoms with Crippen molar-refractivity contribution >= 4 is 11.4 Å². The van der Waals surface area contributed by atoms with Crippen molar-refractivity contribution in [2.45, 2.75) is 27.3 Å². The molecule has 0 aliphatic rings. The van der Waals surface area contributed by atoms with Gasteiger partial charge in [0.2, 0.25) is 0 Å². The first kappa shape index (κ1) is 14.4. The minimum absolute atomic E-state index is 0.832. The van der Waals surface area contributed by atoms with E-state index in [9.17, 15) is 0 Å². The molecular weight excluding hydrogens is 246 g/mol. The third kappa shape index (κ3) is 3.73. The van der Waals surface area contributed by atoms with E-state index in [1.165, 1.54) is 11.3 Å². The number of aromatic nitrogens is 1. The summed E-state index contributed by atoms with van der Waals surface area (Å²) in [6.07, 6.45) is 1.87. The summed E-state index contributed by atoms with van der Waals surface area (Å²) in [7, 11) is 0. The lowest BCUT2D eigenvalue weighted by atomic mass is 10.2. The van der Waals surface area contributed by atoms with Crippen molar-refractivity contribution in [3.8, 4) is 0 Å². The number of hydrogen-bond acceptors (Lipinski definition) is 3. The van der Waals surface area contributed by atoms with Crippen LogP contribution in [0.4, 0.5) is 11.4 Å². The summed E-state index contributed by atoms with van der Waals surface area (Å²) in [6, 6.07) is 12.8. The van der Waals surface area contributed by atoms with Gasteiger partial charge in [-0.1, -0.05) is 17.7 Å². The summed E-state index contributed by atoms with van der Waals surface area (Å²) in [4.78, 5) is 6.80. The van der Waals surface area contributed by atoms with Crippen molar-refractivity contribution in [3.63, 3.8) is 0 Å². The van der Waals surface area contributed by atoms with E-state index in [0.29, 0.717) is 0 Å². The van der Waals surface area contributed by atoms with E-state index in [2.05, 4.69) is 66.3 Å². The van der Waals surface area contributed by atoms with E-state index in [1.807, 2.05) is 12.3 Å². The Hall–Kier alpha value is -2.03. The summed E-state index contributed by atoms with van der Waals surface area (Å²) in [5.74, 6) is 0. The molecule has 1 aromatic carbocycles. The molecule has 0 radical (unpaired) electrons. The van der Waals surface area contributed by atoms with Gasteiger partial charge in [-0.3, -0.25) is 4.98 Å². The standard InChI is InChI=1S/C17H23N3/c1-4-18-15-10-11-19-16(12-15)13-20(5-2)17-8-6-14(3)7-9-17/h6-12H,4-5,13H2,1-3H3,(H,18,19). The molecule has 0 saturated heterocycles. The van der Waals surface area contributed by atoms with Crippen LogP contribution in [-0.2, 0) is 6.54 Å². The molecule has 1 N–H and O–H groups in total. The van der Waals surface area contributed by atoms with Crippen molar-refractivity contribution in [2.75, 3.05) is 23.3 Å². The second-order valence-corrected chi connectivity index (χ2v) is 4.92. The summed E-state index contributed by atoms with van der Waals surface area (Å²) in [5.41, 5.74) is 4.76. The number of pyridine rings is 1. The number of anilines is 2. The maximum Gasteiger partial charge on any atom is 0.0617 e. The molecule has 20 heavy (non-hydrogen) atoms. The van der Waals surface area contributed by atoms with E-state index >= 15 is 0 Å². The van der Waals surface area contributed by atoms with Gasteiger partial charge < -0.3 is 10.2 Å². The van der Waals surface area contributed by atoms with E-state index in [0.717, 1.165) is 31.0 Å². The van der Waals surface area contributed by atoms with Crippen LogP contribution in [0.25, 0.3) is 0 Å². The smallest absolute Gasteiger partial charge is 0.0617 e. The zero-order chi connectivity index (χ0) is 14.4. The molecule has 0 saturated carbocycles. The molecule has 3 nitrogen and oxygen atoms in total. The Bertz CT molecular complexity index is 534. The predicted molar refractivity (Wildman–Crippen MR) is 86.3 cm³/mol. The second-order valence-electron chi connectivity index (χ2n) is 4.92. The van der Waals surface area contributed by atoms with Crippen LogP contribution < -0.4 is 10.2 Å². The normalized spacial score (nSPS) is 10.3. The Labute approximate surface area is 121 Å². The highest BCUT2D eigenvalue weighted by Gasteiger charge is 2.06. The Morgan fingerprint density at radius 1 is 1.10 bits per heavy atom. The van der Waals surface area contributed by atoms with Gasteiger partial charge in [0.1, 0.15) is 0 Å². The number of benzene rings is 1. The second kappa shape index (κ2) is 6.94. The van der Waals surface area contributed by atoms with Gasteiger partial charge in [0.05, 0.1) is 12.2 Å². The van der Waals surface area contributed by atoms with Crippen molar-refractivity contribution in [1.29, 1.82) is 0 Å². The first-order valence-electron chi connectivity index (χ1n) is 7.23.